The molecule has 2 aliphatic carbocycles. The Morgan fingerprint density at radius 3 is 2.68 bits per heavy atom. The van der Waals surface area contributed by atoms with Crippen molar-refractivity contribution in [3.05, 3.63) is 23.7 Å². The van der Waals surface area contributed by atoms with Crippen LogP contribution in [0.2, 0.25) is 0 Å². The van der Waals surface area contributed by atoms with Crippen LogP contribution in [0.1, 0.15) is 69.7 Å². The van der Waals surface area contributed by atoms with Crippen LogP contribution in [0.15, 0.2) is 12.3 Å². The van der Waals surface area contributed by atoms with Crippen LogP contribution in [0.25, 0.3) is 20.8 Å². The summed E-state index contributed by atoms with van der Waals surface area (Å²) in [6, 6.07) is 1.98. The third-order valence-corrected chi connectivity index (χ3v) is 9.10. The first-order valence-electron chi connectivity index (χ1n) is 13.5. The molecule has 3 aromatic rings. The molecule has 0 radical (unpaired) electrons. The summed E-state index contributed by atoms with van der Waals surface area (Å²) in [7, 11) is 0. The van der Waals surface area contributed by atoms with Gasteiger partial charge in [0.1, 0.15) is 22.4 Å². The fraction of sp³-hybridized carbons (Fsp3) is 0.630. The minimum atomic E-state index is -1.66. The molecular formula is C27H36N6O4S. The number of nitrogens with zero attached hydrogens (tertiary/aromatic N) is 4. The number of aliphatic hydroxyl groups excluding tert-OH is 1. The van der Waals surface area contributed by atoms with Gasteiger partial charge < -0.3 is 30.7 Å². The lowest BCUT2D eigenvalue weighted by molar-refractivity contribution is -0.0926. The molecule has 0 spiro atoms. The number of rotatable bonds is 8. The van der Waals surface area contributed by atoms with Crippen LogP contribution in [0.3, 0.4) is 0 Å². The van der Waals surface area contributed by atoms with Crippen LogP contribution in [-0.4, -0.2) is 71.9 Å². The molecule has 3 aromatic heterocycles. The molecule has 1 saturated heterocycles. The predicted molar refractivity (Wildman–Crippen MR) is 146 cm³/mol. The highest BCUT2D eigenvalue weighted by Gasteiger charge is 2.52. The van der Waals surface area contributed by atoms with Crippen molar-refractivity contribution in [1.29, 1.82) is 0 Å². The lowest BCUT2D eigenvalue weighted by atomic mass is 9.87. The number of anilines is 2. The quantitative estimate of drug-likeness (QED) is 0.269. The van der Waals surface area contributed by atoms with Crippen LogP contribution < -0.4 is 10.6 Å². The Hall–Kier alpha value is -2.44. The number of hydrogen-bond acceptors (Lipinski definition) is 11. The molecule has 0 bridgehead atoms. The molecule has 3 fully saturated rings. The van der Waals surface area contributed by atoms with Crippen molar-refractivity contribution >= 4 is 33.3 Å². The summed E-state index contributed by atoms with van der Waals surface area (Å²) in [6.45, 7) is 6.57. The zero-order chi connectivity index (χ0) is 26.7. The molecule has 0 amide bonds. The van der Waals surface area contributed by atoms with Gasteiger partial charge >= 0.3 is 0 Å². The first-order valence-corrected chi connectivity index (χ1v) is 14.3. The summed E-state index contributed by atoms with van der Waals surface area (Å²) in [5.74, 6) is 0.783. The normalized spacial score (nSPS) is 27.8. The van der Waals surface area contributed by atoms with Crippen LogP contribution >= 0.6 is 11.3 Å². The van der Waals surface area contributed by atoms with E-state index in [2.05, 4.69) is 15.6 Å². The van der Waals surface area contributed by atoms with E-state index in [9.17, 15) is 15.3 Å². The lowest BCUT2D eigenvalue weighted by Crippen LogP contribution is -2.51. The second-order valence-electron chi connectivity index (χ2n) is 11.5. The lowest BCUT2D eigenvalue weighted by Gasteiger charge is -2.34. The standard InChI is InChI=1S/C27H36N6O4S/c1-14-19(24-31-21-18(38-24)9-11-28-20(21)15-6-7-15)23(32-25(30-14)29-13-16-5-4-12-37-16)33-27(36)10-8-17(22(27)34)26(2,3)35/h9,11,15-17,22,34-36H,4-8,10,12-13H2,1-3H3,(H2,29,30,32,33). The van der Waals surface area contributed by atoms with Crippen LogP contribution in [-0.2, 0) is 4.74 Å². The van der Waals surface area contributed by atoms with Gasteiger partial charge in [-0.25, -0.2) is 9.97 Å². The summed E-state index contributed by atoms with van der Waals surface area (Å²) in [5.41, 5.74) is 0.524. The van der Waals surface area contributed by atoms with Crippen LogP contribution in [0.5, 0.6) is 0 Å². The van der Waals surface area contributed by atoms with Gasteiger partial charge in [-0.2, -0.15) is 4.98 Å². The smallest absolute Gasteiger partial charge is 0.224 e. The highest BCUT2D eigenvalue weighted by atomic mass is 32.1. The number of fused-ring (bicyclic) bond motifs is 1. The van der Waals surface area contributed by atoms with Crippen molar-refractivity contribution in [2.45, 2.75) is 88.7 Å². The Morgan fingerprint density at radius 1 is 1.18 bits per heavy atom. The first-order chi connectivity index (χ1) is 18.1. The average molecular weight is 541 g/mol. The van der Waals surface area contributed by atoms with Gasteiger partial charge in [0.25, 0.3) is 0 Å². The maximum absolute atomic E-state index is 11.6. The molecule has 3 aliphatic rings. The molecule has 10 nitrogen and oxygen atoms in total. The molecule has 11 heteroatoms. The van der Waals surface area contributed by atoms with Gasteiger partial charge in [0, 0.05) is 31.2 Å². The third-order valence-electron chi connectivity index (χ3n) is 8.06. The van der Waals surface area contributed by atoms with Gasteiger partial charge in [0.15, 0.2) is 5.72 Å². The van der Waals surface area contributed by atoms with Gasteiger partial charge in [0.2, 0.25) is 5.95 Å². The number of ether oxygens (including phenoxy) is 1. The Morgan fingerprint density at radius 2 is 2.00 bits per heavy atom. The van der Waals surface area contributed by atoms with E-state index in [1.54, 1.807) is 25.2 Å². The topological polar surface area (TPSA) is 146 Å². The molecule has 2 saturated carbocycles. The average Bonchev–Trinajstić information content (AvgIpc) is 3.25. The van der Waals surface area contributed by atoms with Crippen molar-refractivity contribution in [2.24, 2.45) is 5.92 Å². The number of aromatic nitrogens is 4. The van der Waals surface area contributed by atoms with Gasteiger partial charge in [-0.05, 0) is 65.4 Å². The number of aliphatic hydroxyl groups is 3. The summed E-state index contributed by atoms with van der Waals surface area (Å²) < 4.78 is 6.78. The molecule has 204 valence electrons. The van der Waals surface area contributed by atoms with Gasteiger partial charge in [0.05, 0.1) is 33.4 Å². The largest absolute Gasteiger partial charge is 0.390 e. The van der Waals surface area contributed by atoms with E-state index in [1.165, 1.54) is 0 Å². The molecule has 0 aromatic carbocycles. The molecule has 4 atom stereocenters. The highest BCUT2D eigenvalue weighted by molar-refractivity contribution is 7.21. The molecule has 38 heavy (non-hydrogen) atoms. The van der Waals surface area contributed by atoms with Gasteiger partial charge in [-0.3, -0.25) is 4.98 Å². The van der Waals surface area contributed by atoms with Gasteiger partial charge in [-0.15, -0.1) is 11.3 Å². The zero-order valence-electron chi connectivity index (χ0n) is 22.1. The van der Waals surface area contributed by atoms with Crippen LogP contribution in [0, 0.1) is 12.8 Å². The van der Waals surface area contributed by atoms with Crippen molar-refractivity contribution in [3.8, 4) is 10.6 Å². The molecule has 4 heterocycles. The van der Waals surface area contributed by atoms with Crippen LogP contribution in [0.4, 0.5) is 11.8 Å². The van der Waals surface area contributed by atoms with E-state index in [-0.39, 0.29) is 12.5 Å². The number of nitrogens with one attached hydrogen (secondary N) is 2. The Bertz CT molecular complexity index is 1330. The maximum Gasteiger partial charge on any atom is 0.224 e. The Balaban J connectivity index is 1.39. The fourth-order valence-electron chi connectivity index (χ4n) is 5.74. The minimum absolute atomic E-state index is 0.112. The second kappa shape index (κ2) is 9.63. The van der Waals surface area contributed by atoms with E-state index < -0.39 is 23.3 Å². The van der Waals surface area contributed by atoms with Crippen molar-refractivity contribution in [2.75, 3.05) is 23.8 Å². The number of pyridine rings is 1. The summed E-state index contributed by atoms with van der Waals surface area (Å²) >= 11 is 1.54. The maximum atomic E-state index is 11.6. The van der Waals surface area contributed by atoms with E-state index >= 15 is 0 Å². The molecule has 5 N–H and O–H groups in total. The number of thiazole rings is 1. The predicted octanol–water partition coefficient (Wildman–Crippen LogP) is 3.57. The molecular weight excluding hydrogens is 504 g/mol. The highest BCUT2D eigenvalue weighted by Crippen LogP contribution is 2.46. The SMILES string of the molecule is Cc1nc(NCC2CCCO2)nc(NC2(O)CCC(C(C)(C)O)C2O)c1-c1nc2c(C3CC3)nccc2s1. The second-order valence-corrected chi connectivity index (χ2v) is 12.5. The monoisotopic (exact) mass is 540 g/mol. The van der Waals surface area contributed by atoms with Crippen molar-refractivity contribution < 1.29 is 20.1 Å². The Labute approximate surface area is 225 Å². The first kappa shape index (κ1) is 25.8. The molecule has 1 aliphatic heterocycles. The summed E-state index contributed by atoms with van der Waals surface area (Å²) in [6.07, 6.45) is 5.79. The fourth-order valence-corrected chi connectivity index (χ4v) is 6.81. The molecule has 4 unspecified atom stereocenters. The van der Waals surface area contributed by atoms with E-state index in [4.69, 9.17) is 19.7 Å². The van der Waals surface area contributed by atoms with Crippen molar-refractivity contribution in [3.63, 3.8) is 0 Å². The van der Waals surface area contributed by atoms with E-state index in [0.717, 1.165) is 53.2 Å². The third kappa shape index (κ3) is 4.86. The Kier molecular flexibility index (Phi) is 6.55. The van der Waals surface area contributed by atoms with Crippen molar-refractivity contribution in [1.82, 2.24) is 19.9 Å². The number of hydrogen-bond donors (Lipinski definition) is 5. The van der Waals surface area contributed by atoms with Gasteiger partial charge in [-0.1, -0.05) is 0 Å². The van der Waals surface area contributed by atoms with E-state index in [1.807, 2.05) is 19.2 Å². The number of aryl methyl sites for hydroxylation is 1. The minimum Gasteiger partial charge on any atom is -0.390 e. The molecule has 6 rings (SSSR count). The summed E-state index contributed by atoms with van der Waals surface area (Å²) in [4.78, 5) is 19.1. The zero-order valence-corrected chi connectivity index (χ0v) is 22.9. The summed E-state index contributed by atoms with van der Waals surface area (Å²) in [5, 5.41) is 40.4. The van der Waals surface area contributed by atoms with E-state index in [0.29, 0.717) is 41.9 Å².